The summed E-state index contributed by atoms with van der Waals surface area (Å²) in [5, 5.41) is 0. The van der Waals surface area contributed by atoms with E-state index in [-0.39, 0.29) is 18.9 Å². The van der Waals surface area contributed by atoms with E-state index in [1.807, 2.05) is 0 Å². The van der Waals surface area contributed by atoms with Crippen LogP contribution in [0.15, 0.2) is 0 Å². The van der Waals surface area contributed by atoms with E-state index in [0.29, 0.717) is 0 Å². The highest BCUT2D eigenvalue weighted by atomic mass is 16.8. The van der Waals surface area contributed by atoms with E-state index >= 15 is 0 Å². The van der Waals surface area contributed by atoms with Crippen molar-refractivity contribution >= 4 is 5.91 Å². The first-order chi connectivity index (χ1) is 4.83. The lowest BCUT2D eigenvalue weighted by molar-refractivity contribution is -0.140. The van der Waals surface area contributed by atoms with Gasteiger partial charge in [0, 0.05) is 0 Å². The fraction of sp³-hybridized carbons (Fsp3) is 0.500. The number of carbonyl (C=O) groups excluding carboxylic acids is 1. The van der Waals surface area contributed by atoms with Crippen LogP contribution in [0.4, 0.5) is 0 Å². The van der Waals surface area contributed by atoms with Crippen molar-refractivity contribution in [3.8, 4) is 12.3 Å². The summed E-state index contributed by atoms with van der Waals surface area (Å²) in [6.07, 6.45) is 4.62. The number of amides is 1. The van der Waals surface area contributed by atoms with E-state index in [1.165, 1.54) is 0 Å². The zero-order valence-electron chi connectivity index (χ0n) is 5.29. The fourth-order valence-electron chi connectivity index (χ4n) is 0.600. The molecule has 10 heavy (non-hydrogen) atoms. The van der Waals surface area contributed by atoms with Crippen molar-refractivity contribution in [2.45, 2.75) is 12.7 Å². The van der Waals surface area contributed by atoms with Crippen molar-refractivity contribution in [2.24, 2.45) is 0 Å². The number of hydrogen-bond donors (Lipinski definition) is 1. The molecule has 1 fully saturated rings. The molecule has 1 unspecified atom stereocenters. The van der Waals surface area contributed by atoms with Crippen molar-refractivity contribution < 1.29 is 14.4 Å². The van der Waals surface area contributed by atoms with Crippen LogP contribution in [-0.2, 0) is 14.4 Å². The SMILES string of the molecule is C#CCOC1CC(=O)NO1. The monoisotopic (exact) mass is 141 g/mol. The first kappa shape index (κ1) is 7.06. The van der Waals surface area contributed by atoms with Gasteiger partial charge in [-0.15, -0.1) is 6.42 Å². The maximum absolute atomic E-state index is 10.4. The van der Waals surface area contributed by atoms with E-state index in [0.717, 1.165) is 0 Å². The molecule has 0 bridgehead atoms. The molecule has 1 saturated heterocycles. The molecule has 4 nitrogen and oxygen atoms in total. The zero-order chi connectivity index (χ0) is 7.40. The molecular formula is C6H7NO3. The third-order valence-corrected chi connectivity index (χ3v) is 1.01. The van der Waals surface area contributed by atoms with Gasteiger partial charge < -0.3 is 4.74 Å². The van der Waals surface area contributed by atoms with Crippen molar-refractivity contribution in [3.63, 3.8) is 0 Å². The normalized spacial score (nSPS) is 23.9. The third-order valence-electron chi connectivity index (χ3n) is 1.01. The smallest absolute Gasteiger partial charge is 0.248 e. The van der Waals surface area contributed by atoms with Gasteiger partial charge in [0.1, 0.15) is 6.61 Å². The van der Waals surface area contributed by atoms with Crippen LogP contribution in [0.5, 0.6) is 0 Å². The average Bonchev–Trinajstić information content (AvgIpc) is 2.31. The van der Waals surface area contributed by atoms with E-state index in [9.17, 15) is 4.79 Å². The van der Waals surface area contributed by atoms with Crippen LogP contribution < -0.4 is 5.48 Å². The molecule has 0 aromatic heterocycles. The number of hydroxylamine groups is 1. The summed E-state index contributed by atoms with van der Waals surface area (Å²) in [6, 6.07) is 0. The van der Waals surface area contributed by atoms with Gasteiger partial charge in [-0.1, -0.05) is 5.92 Å². The highest BCUT2D eigenvalue weighted by Crippen LogP contribution is 2.04. The standard InChI is InChI=1S/C6H7NO3/c1-2-3-9-6-4-5(8)7-10-6/h1,6H,3-4H2,(H,7,8). The van der Waals surface area contributed by atoms with Crippen LogP contribution in [0.3, 0.4) is 0 Å². The van der Waals surface area contributed by atoms with Crippen LogP contribution in [0.1, 0.15) is 6.42 Å². The van der Waals surface area contributed by atoms with Gasteiger partial charge in [-0.2, -0.15) is 0 Å². The summed E-state index contributed by atoms with van der Waals surface area (Å²) in [5.41, 5.74) is 2.15. The zero-order valence-corrected chi connectivity index (χ0v) is 5.29. The Kier molecular flexibility index (Phi) is 2.26. The average molecular weight is 141 g/mol. The molecule has 0 aromatic carbocycles. The Labute approximate surface area is 58.4 Å². The van der Waals surface area contributed by atoms with Crippen molar-refractivity contribution in [3.05, 3.63) is 0 Å². The van der Waals surface area contributed by atoms with Gasteiger partial charge in [-0.05, 0) is 0 Å². The molecule has 1 N–H and O–H groups in total. The lowest BCUT2D eigenvalue weighted by Crippen LogP contribution is -2.14. The molecule has 0 spiro atoms. The van der Waals surface area contributed by atoms with Gasteiger partial charge in [0.15, 0.2) is 6.29 Å². The minimum Gasteiger partial charge on any atom is -0.337 e. The van der Waals surface area contributed by atoms with E-state index in [4.69, 9.17) is 11.2 Å². The number of hydrogen-bond acceptors (Lipinski definition) is 3. The van der Waals surface area contributed by atoms with Crippen LogP contribution in [0.2, 0.25) is 0 Å². The second kappa shape index (κ2) is 3.20. The molecule has 54 valence electrons. The third kappa shape index (κ3) is 1.72. The molecule has 4 heteroatoms. The van der Waals surface area contributed by atoms with Gasteiger partial charge in [-0.3, -0.25) is 4.79 Å². The Morgan fingerprint density at radius 3 is 3.30 bits per heavy atom. The molecule has 1 heterocycles. The first-order valence-electron chi connectivity index (χ1n) is 2.82. The maximum atomic E-state index is 10.4. The molecule has 1 aliphatic heterocycles. The van der Waals surface area contributed by atoms with E-state index in [1.54, 1.807) is 0 Å². The van der Waals surface area contributed by atoms with Crippen LogP contribution in [0.25, 0.3) is 0 Å². The minimum atomic E-state index is -0.511. The molecule has 1 amide bonds. The lowest BCUT2D eigenvalue weighted by atomic mass is 10.4. The number of terminal acetylenes is 1. The largest absolute Gasteiger partial charge is 0.337 e. The lowest BCUT2D eigenvalue weighted by Gasteiger charge is -2.03. The summed E-state index contributed by atoms with van der Waals surface area (Å²) in [7, 11) is 0. The first-order valence-corrected chi connectivity index (χ1v) is 2.82. The predicted octanol–water partition coefficient (Wildman–Crippen LogP) is -0.586. The maximum Gasteiger partial charge on any atom is 0.248 e. The Hall–Kier alpha value is -1.05. The van der Waals surface area contributed by atoms with Crippen molar-refractivity contribution in [2.75, 3.05) is 6.61 Å². The van der Waals surface area contributed by atoms with E-state index < -0.39 is 6.29 Å². The summed E-state index contributed by atoms with van der Waals surface area (Å²) in [4.78, 5) is 15.1. The minimum absolute atomic E-state index is 0.166. The summed E-state index contributed by atoms with van der Waals surface area (Å²) >= 11 is 0. The van der Waals surface area contributed by atoms with Crippen LogP contribution >= 0.6 is 0 Å². The number of rotatable bonds is 2. The summed E-state index contributed by atoms with van der Waals surface area (Å²) in [5.74, 6) is 2.09. The second-order valence-corrected chi connectivity index (χ2v) is 1.79. The highest BCUT2D eigenvalue weighted by molar-refractivity contribution is 5.76. The molecule has 0 aliphatic carbocycles. The van der Waals surface area contributed by atoms with Crippen LogP contribution in [-0.4, -0.2) is 18.8 Å². The topological polar surface area (TPSA) is 47.6 Å². The Morgan fingerprint density at radius 2 is 2.80 bits per heavy atom. The van der Waals surface area contributed by atoms with Gasteiger partial charge >= 0.3 is 0 Å². The number of carbonyl (C=O) groups is 1. The quantitative estimate of drug-likeness (QED) is 0.523. The highest BCUT2D eigenvalue weighted by Gasteiger charge is 2.22. The molecule has 0 radical (unpaired) electrons. The molecule has 1 rings (SSSR count). The molecule has 0 saturated carbocycles. The Bertz CT molecular complexity index is 172. The van der Waals surface area contributed by atoms with E-state index in [2.05, 4.69) is 16.2 Å². The van der Waals surface area contributed by atoms with Gasteiger partial charge in [0.25, 0.3) is 0 Å². The number of ether oxygens (including phenoxy) is 1. The van der Waals surface area contributed by atoms with Crippen molar-refractivity contribution in [1.29, 1.82) is 0 Å². The molecule has 1 atom stereocenters. The summed E-state index contributed by atoms with van der Waals surface area (Å²) < 4.78 is 4.88. The number of nitrogens with one attached hydrogen (secondary N) is 1. The Balaban J connectivity index is 2.20. The van der Waals surface area contributed by atoms with Gasteiger partial charge in [0.05, 0.1) is 6.42 Å². The molecule has 0 aromatic rings. The molecular weight excluding hydrogens is 134 g/mol. The second-order valence-electron chi connectivity index (χ2n) is 1.79. The van der Waals surface area contributed by atoms with Gasteiger partial charge in [-0.25, -0.2) is 10.3 Å². The van der Waals surface area contributed by atoms with Gasteiger partial charge in [0.2, 0.25) is 5.91 Å². The van der Waals surface area contributed by atoms with Crippen molar-refractivity contribution in [1.82, 2.24) is 5.48 Å². The Morgan fingerprint density at radius 1 is 2.00 bits per heavy atom. The molecule has 1 aliphatic rings. The van der Waals surface area contributed by atoms with Crippen LogP contribution in [0, 0.1) is 12.3 Å². The predicted molar refractivity (Wildman–Crippen MR) is 32.4 cm³/mol. The summed E-state index contributed by atoms with van der Waals surface area (Å²) in [6.45, 7) is 0.166. The fourth-order valence-corrected chi connectivity index (χ4v) is 0.600.